The first-order valence-corrected chi connectivity index (χ1v) is 9.39. The van der Waals surface area contributed by atoms with Crippen molar-refractivity contribution in [2.24, 2.45) is 0 Å². The summed E-state index contributed by atoms with van der Waals surface area (Å²) in [6.07, 6.45) is 3.68. The van der Waals surface area contributed by atoms with Gasteiger partial charge in [0.05, 0.1) is 18.1 Å². The van der Waals surface area contributed by atoms with Gasteiger partial charge in [-0.3, -0.25) is 0 Å². The minimum atomic E-state index is -3.15. The molecule has 3 rings (SSSR count). The van der Waals surface area contributed by atoms with Crippen molar-refractivity contribution >= 4 is 21.6 Å². The van der Waals surface area contributed by atoms with E-state index in [0.29, 0.717) is 42.6 Å². The van der Waals surface area contributed by atoms with Crippen LogP contribution >= 0.6 is 11.6 Å². The molecule has 1 saturated heterocycles. The van der Waals surface area contributed by atoms with E-state index < -0.39 is 15.8 Å². The number of hydrogen-bond acceptors (Lipinski definition) is 4. The van der Waals surface area contributed by atoms with Gasteiger partial charge in [-0.05, 0) is 25.0 Å². The summed E-state index contributed by atoms with van der Waals surface area (Å²) in [4.78, 5) is 11.4. The van der Waals surface area contributed by atoms with Crippen LogP contribution in [0.1, 0.15) is 24.5 Å². The molecule has 1 N–H and O–H groups in total. The maximum atomic E-state index is 12.9. The molecule has 9 heteroatoms. The van der Waals surface area contributed by atoms with Gasteiger partial charge in [-0.2, -0.15) is 0 Å². The Morgan fingerprint density at radius 1 is 1.35 bits per heavy atom. The first-order valence-electron chi connectivity index (χ1n) is 7.17. The van der Waals surface area contributed by atoms with E-state index in [1.165, 1.54) is 22.7 Å². The molecule has 1 aliphatic heterocycles. The Balaban J connectivity index is 1.78. The molecule has 3 heterocycles. The van der Waals surface area contributed by atoms with E-state index in [-0.39, 0.29) is 5.92 Å². The average molecular weight is 359 g/mol. The van der Waals surface area contributed by atoms with Gasteiger partial charge in [0.25, 0.3) is 0 Å². The van der Waals surface area contributed by atoms with Gasteiger partial charge in [0.15, 0.2) is 11.0 Å². The standard InChI is InChI=1S/C14H16ClFN4O2S/c1-23(21,22)20-6-4-9(5-7-20)12-13(15)19-14(18-12)11-3-2-10(16)8-17-11/h2-3,8-9H,4-7H2,1H3,(H,18,19). The molecule has 2 aromatic heterocycles. The van der Waals surface area contributed by atoms with Gasteiger partial charge in [0, 0.05) is 19.0 Å². The number of H-pyrrole nitrogens is 1. The first-order chi connectivity index (χ1) is 10.8. The highest BCUT2D eigenvalue weighted by atomic mass is 35.5. The summed E-state index contributed by atoms with van der Waals surface area (Å²) in [6, 6.07) is 2.84. The molecule has 1 fully saturated rings. The summed E-state index contributed by atoms with van der Waals surface area (Å²) in [5, 5.41) is 0.351. The van der Waals surface area contributed by atoms with Crippen LogP contribution in [0.2, 0.25) is 5.15 Å². The number of aromatic amines is 1. The Bertz CT molecular complexity index is 799. The van der Waals surface area contributed by atoms with Crippen molar-refractivity contribution in [3.63, 3.8) is 0 Å². The third-order valence-electron chi connectivity index (χ3n) is 3.99. The van der Waals surface area contributed by atoms with Crippen molar-refractivity contribution in [1.29, 1.82) is 0 Å². The van der Waals surface area contributed by atoms with Crippen LogP contribution in [0.15, 0.2) is 18.3 Å². The van der Waals surface area contributed by atoms with Crippen molar-refractivity contribution in [3.05, 3.63) is 35.0 Å². The fourth-order valence-corrected chi connectivity index (χ4v) is 3.91. The Morgan fingerprint density at radius 3 is 2.61 bits per heavy atom. The summed E-state index contributed by atoms with van der Waals surface area (Å²) in [6.45, 7) is 0.923. The predicted molar refractivity (Wildman–Crippen MR) is 85.2 cm³/mol. The number of nitrogens with zero attached hydrogens (tertiary/aromatic N) is 3. The number of piperidine rings is 1. The Labute approximate surface area is 138 Å². The molecule has 0 unspecified atom stereocenters. The smallest absolute Gasteiger partial charge is 0.211 e. The predicted octanol–water partition coefficient (Wildman–Crippen LogP) is 2.40. The van der Waals surface area contributed by atoms with Crippen molar-refractivity contribution < 1.29 is 12.8 Å². The molecule has 0 radical (unpaired) electrons. The van der Waals surface area contributed by atoms with Gasteiger partial charge in [-0.15, -0.1) is 0 Å². The topological polar surface area (TPSA) is 79.0 Å². The van der Waals surface area contributed by atoms with Crippen LogP contribution in [0.4, 0.5) is 4.39 Å². The maximum absolute atomic E-state index is 12.9. The van der Waals surface area contributed by atoms with E-state index in [4.69, 9.17) is 11.6 Å². The molecule has 1 aliphatic rings. The van der Waals surface area contributed by atoms with E-state index in [1.54, 1.807) is 0 Å². The summed E-state index contributed by atoms with van der Waals surface area (Å²) in [5.41, 5.74) is 1.29. The van der Waals surface area contributed by atoms with Gasteiger partial charge in [-0.25, -0.2) is 27.1 Å². The van der Waals surface area contributed by atoms with Gasteiger partial charge >= 0.3 is 0 Å². The van der Waals surface area contributed by atoms with Crippen LogP contribution in [0.5, 0.6) is 0 Å². The number of halogens is 2. The summed E-state index contributed by atoms with van der Waals surface area (Å²) in [7, 11) is -3.15. The summed E-state index contributed by atoms with van der Waals surface area (Å²) >= 11 is 6.21. The van der Waals surface area contributed by atoms with Gasteiger partial charge in [0.1, 0.15) is 11.5 Å². The van der Waals surface area contributed by atoms with Gasteiger partial charge in [0.2, 0.25) is 10.0 Å². The SMILES string of the molecule is CS(=O)(=O)N1CCC(c2[nH]c(-c3ccc(F)cn3)nc2Cl)CC1. The van der Waals surface area contributed by atoms with E-state index in [9.17, 15) is 12.8 Å². The molecule has 0 bridgehead atoms. The quantitative estimate of drug-likeness (QED) is 0.913. The van der Waals surface area contributed by atoms with Crippen molar-refractivity contribution in [3.8, 4) is 11.5 Å². The minimum absolute atomic E-state index is 0.113. The molecule has 124 valence electrons. The Morgan fingerprint density at radius 2 is 2.04 bits per heavy atom. The highest BCUT2D eigenvalue weighted by Crippen LogP contribution is 2.33. The van der Waals surface area contributed by atoms with E-state index in [0.717, 1.165) is 11.9 Å². The summed E-state index contributed by atoms with van der Waals surface area (Å²) in [5.74, 6) is 0.178. The van der Waals surface area contributed by atoms with Crippen molar-refractivity contribution in [2.45, 2.75) is 18.8 Å². The van der Waals surface area contributed by atoms with Crippen LogP contribution in [-0.2, 0) is 10.0 Å². The molecule has 6 nitrogen and oxygen atoms in total. The normalized spacial score (nSPS) is 17.5. The molecule has 0 atom stereocenters. The Hall–Kier alpha value is -1.51. The van der Waals surface area contributed by atoms with Crippen LogP contribution in [-0.4, -0.2) is 47.0 Å². The molecule has 0 saturated carbocycles. The molecule has 23 heavy (non-hydrogen) atoms. The van der Waals surface area contributed by atoms with Crippen molar-refractivity contribution in [1.82, 2.24) is 19.3 Å². The lowest BCUT2D eigenvalue weighted by Gasteiger charge is -2.29. The molecule has 2 aromatic rings. The number of rotatable bonds is 3. The molecular weight excluding hydrogens is 343 g/mol. The lowest BCUT2D eigenvalue weighted by molar-refractivity contribution is 0.319. The lowest BCUT2D eigenvalue weighted by Crippen LogP contribution is -2.37. The van der Waals surface area contributed by atoms with E-state index >= 15 is 0 Å². The molecule has 0 aliphatic carbocycles. The number of pyridine rings is 1. The van der Waals surface area contributed by atoms with Gasteiger partial charge < -0.3 is 4.98 Å². The molecule has 0 aromatic carbocycles. The second-order valence-electron chi connectivity index (χ2n) is 5.59. The summed E-state index contributed by atoms with van der Waals surface area (Å²) < 4.78 is 37.5. The number of imidazole rings is 1. The van der Waals surface area contributed by atoms with Crippen LogP contribution < -0.4 is 0 Å². The third kappa shape index (κ3) is 3.54. The largest absolute Gasteiger partial charge is 0.339 e. The third-order valence-corrected chi connectivity index (χ3v) is 5.58. The maximum Gasteiger partial charge on any atom is 0.211 e. The fraction of sp³-hybridized carbons (Fsp3) is 0.429. The highest BCUT2D eigenvalue weighted by Gasteiger charge is 2.28. The highest BCUT2D eigenvalue weighted by molar-refractivity contribution is 7.88. The average Bonchev–Trinajstić information content (AvgIpc) is 2.89. The molecule has 0 amide bonds. The zero-order valence-electron chi connectivity index (χ0n) is 12.5. The second-order valence-corrected chi connectivity index (χ2v) is 7.93. The molecule has 0 spiro atoms. The number of aromatic nitrogens is 3. The lowest BCUT2D eigenvalue weighted by atomic mass is 9.95. The van der Waals surface area contributed by atoms with Crippen molar-refractivity contribution in [2.75, 3.05) is 19.3 Å². The van der Waals surface area contributed by atoms with Crippen LogP contribution in [0.3, 0.4) is 0 Å². The van der Waals surface area contributed by atoms with E-state index in [1.807, 2.05) is 0 Å². The Kier molecular flexibility index (Phi) is 4.39. The minimum Gasteiger partial charge on any atom is -0.339 e. The fourth-order valence-electron chi connectivity index (χ4n) is 2.75. The number of sulfonamides is 1. The van der Waals surface area contributed by atoms with E-state index in [2.05, 4.69) is 15.0 Å². The van der Waals surface area contributed by atoms with Gasteiger partial charge in [-0.1, -0.05) is 11.6 Å². The monoisotopic (exact) mass is 358 g/mol. The molecular formula is C14H16ClFN4O2S. The number of nitrogens with one attached hydrogen (secondary N) is 1. The van der Waals surface area contributed by atoms with Crippen LogP contribution in [0.25, 0.3) is 11.5 Å². The first kappa shape index (κ1) is 16.4. The van der Waals surface area contributed by atoms with Crippen LogP contribution in [0, 0.1) is 5.82 Å². The zero-order valence-corrected chi connectivity index (χ0v) is 14.0. The zero-order chi connectivity index (χ0) is 16.6. The number of hydrogen-bond donors (Lipinski definition) is 1. The second kappa shape index (κ2) is 6.18.